The quantitative estimate of drug-likeness (QED) is 0.798. The molecule has 0 radical (unpaired) electrons. The molecule has 94 valence electrons. The van der Waals surface area contributed by atoms with Crippen molar-refractivity contribution in [3.8, 4) is 10.6 Å². The number of hydrogen-bond acceptors (Lipinski definition) is 4. The summed E-state index contributed by atoms with van der Waals surface area (Å²) >= 11 is 1.30. The standard InChI is InChI=1S/C13H12FNO2S/c1-3-17-13(16)11-7-18-12(15-11)9-5-4-6-10(14)8(9)2/h4-7H,3H2,1-2H3. The summed E-state index contributed by atoms with van der Waals surface area (Å²) in [6, 6.07) is 4.81. The molecule has 0 aliphatic carbocycles. The maximum atomic E-state index is 13.4. The van der Waals surface area contributed by atoms with E-state index in [-0.39, 0.29) is 11.5 Å². The van der Waals surface area contributed by atoms with Gasteiger partial charge < -0.3 is 4.74 Å². The number of thiazole rings is 1. The summed E-state index contributed by atoms with van der Waals surface area (Å²) in [6.07, 6.45) is 0. The van der Waals surface area contributed by atoms with Gasteiger partial charge in [0.1, 0.15) is 10.8 Å². The largest absolute Gasteiger partial charge is 0.461 e. The van der Waals surface area contributed by atoms with Crippen molar-refractivity contribution in [2.75, 3.05) is 6.61 Å². The van der Waals surface area contributed by atoms with E-state index in [9.17, 15) is 9.18 Å². The fourth-order valence-corrected chi connectivity index (χ4v) is 2.41. The Balaban J connectivity index is 2.35. The molecule has 0 spiro atoms. The summed E-state index contributed by atoms with van der Waals surface area (Å²) in [7, 11) is 0. The molecule has 0 amide bonds. The Morgan fingerprint density at radius 1 is 1.50 bits per heavy atom. The zero-order valence-electron chi connectivity index (χ0n) is 10.1. The molecule has 5 heteroatoms. The van der Waals surface area contributed by atoms with E-state index < -0.39 is 5.97 Å². The van der Waals surface area contributed by atoms with Gasteiger partial charge in [-0.3, -0.25) is 0 Å². The molecule has 2 rings (SSSR count). The highest BCUT2D eigenvalue weighted by molar-refractivity contribution is 7.13. The number of hydrogen-bond donors (Lipinski definition) is 0. The number of carbonyl (C=O) groups excluding carboxylic acids is 1. The van der Waals surface area contributed by atoms with E-state index in [1.165, 1.54) is 17.4 Å². The van der Waals surface area contributed by atoms with E-state index in [1.807, 2.05) is 0 Å². The molecule has 1 aromatic carbocycles. The topological polar surface area (TPSA) is 39.2 Å². The Bertz CT molecular complexity index is 580. The fourth-order valence-electron chi connectivity index (χ4n) is 1.54. The van der Waals surface area contributed by atoms with Crippen LogP contribution in [-0.4, -0.2) is 17.6 Å². The summed E-state index contributed by atoms with van der Waals surface area (Å²) in [6.45, 7) is 3.74. The number of benzene rings is 1. The molecule has 0 unspecified atom stereocenters. The first-order chi connectivity index (χ1) is 8.63. The first kappa shape index (κ1) is 12.7. The number of esters is 1. The van der Waals surface area contributed by atoms with Crippen LogP contribution in [0.25, 0.3) is 10.6 Å². The first-order valence-electron chi connectivity index (χ1n) is 5.51. The van der Waals surface area contributed by atoms with Gasteiger partial charge in [-0.15, -0.1) is 11.3 Å². The van der Waals surface area contributed by atoms with Crippen LogP contribution in [0.5, 0.6) is 0 Å². The summed E-state index contributed by atoms with van der Waals surface area (Å²) in [5.74, 6) is -0.727. The van der Waals surface area contributed by atoms with Crippen molar-refractivity contribution in [2.24, 2.45) is 0 Å². The van der Waals surface area contributed by atoms with E-state index in [0.29, 0.717) is 22.7 Å². The van der Waals surface area contributed by atoms with E-state index in [0.717, 1.165) is 0 Å². The van der Waals surface area contributed by atoms with Crippen molar-refractivity contribution in [1.82, 2.24) is 4.98 Å². The van der Waals surface area contributed by atoms with Gasteiger partial charge in [0.05, 0.1) is 6.61 Å². The molecule has 0 saturated heterocycles. The first-order valence-corrected chi connectivity index (χ1v) is 6.39. The Labute approximate surface area is 108 Å². The van der Waals surface area contributed by atoms with Gasteiger partial charge in [-0.25, -0.2) is 14.2 Å². The summed E-state index contributed by atoms with van der Waals surface area (Å²) in [5.41, 5.74) is 1.50. The smallest absolute Gasteiger partial charge is 0.357 e. The van der Waals surface area contributed by atoms with Crippen LogP contribution in [0.15, 0.2) is 23.6 Å². The molecule has 3 nitrogen and oxygen atoms in total. The number of halogens is 1. The highest BCUT2D eigenvalue weighted by Gasteiger charge is 2.14. The number of aromatic nitrogens is 1. The number of nitrogens with zero attached hydrogens (tertiary/aromatic N) is 1. The van der Waals surface area contributed by atoms with Gasteiger partial charge in [-0.2, -0.15) is 0 Å². The molecular formula is C13H12FNO2S. The van der Waals surface area contributed by atoms with Crippen LogP contribution in [0, 0.1) is 12.7 Å². The lowest BCUT2D eigenvalue weighted by atomic mass is 10.1. The fraction of sp³-hybridized carbons (Fsp3) is 0.231. The van der Waals surface area contributed by atoms with Crippen molar-refractivity contribution in [3.05, 3.63) is 40.7 Å². The second-order valence-corrected chi connectivity index (χ2v) is 4.53. The molecule has 0 N–H and O–H groups in total. The molecular weight excluding hydrogens is 253 g/mol. The second kappa shape index (κ2) is 5.27. The lowest BCUT2D eigenvalue weighted by molar-refractivity contribution is 0.0520. The third-order valence-electron chi connectivity index (χ3n) is 2.49. The molecule has 18 heavy (non-hydrogen) atoms. The van der Waals surface area contributed by atoms with E-state index >= 15 is 0 Å². The average molecular weight is 265 g/mol. The van der Waals surface area contributed by atoms with Crippen LogP contribution in [0.4, 0.5) is 4.39 Å². The maximum absolute atomic E-state index is 13.4. The second-order valence-electron chi connectivity index (χ2n) is 3.67. The number of carbonyl (C=O) groups is 1. The zero-order chi connectivity index (χ0) is 13.1. The van der Waals surface area contributed by atoms with Gasteiger partial charge in [0.2, 0.25) is 0 Å². The Hall–Kier alpha value is -1.75. The average Bonchev–Trinajstić information content (AvgIpc) is 2.82. The Morgan fingerprint density at radius 3 is 3.00 bits per heavy atom. The zero-order valence-corrected chi connectivity index (χ0v) is 10.9. The van der Waals surface area contributed by atoms with Gasteiger partial charge in [-0.05, 0) is 25.5 Å². The molecule has 0 saturated carbocycles. The van der Waals surface area contributed by atoms with Crippen molar-refractivity contribution < 1.29 is 13.9 Å². The minimum Gasteiger partial charge on any atom is -0.461 e. The Kier molecular flexibility index (Phi) is 3.72. The molecule has 1 aromatic heterocycles. The van der Waals surface area contributed by atoms with Gasteiger partial charge in [0, 0.05) is 10.9 Å². The summed E-state index contributed by atoms with van der Waals surface area (Å²) < 4.78 is 18.3. The van der Waals surface area contributed by atoms with Crippen LogP contribution < -0.4 is 0 Å². The normalized spacial score (nSPS) is 10.4. The highest BCUT2D eigenvalue weighted by Crippen LogP contribution is 2.28. The molecule has 0 atom stereocenters. The minimum absolute atomic E-state index is 0.264. The maximum Gasteiger partial charge on any atom is 0.357 e. The molecule has 1 heterocycles. The molecule has 2 aromatic rings. The van der Waals surface area contributed by atoms with Crippen molar-refractivity contribution in [2.45, 2.75) is 13.8 Å². The van der Waals surface area contributed by atoms with Gasteiger partial charge in [0.25, 0.3) is 0 Å². The predicted octanol–water partition coefficient (Wildman–Crippen LogP) is 3.43. The van der Waals surface area contributed by atoms with E-state index in [2.05, 4.69) is 4.98 Å². The summed E-state index contributed by atoms with van der Waals surface area (Å²) in [4.78, 5) is 15.7. The lowest BCUT2D eigenvalue weighted by Crippen LogP contribution is -2.04. The summed E-state index contributed by atoms with van der Waals surface area (Å²) in [5, 5.41) is 2.24. The van der Waals surface area contributed by atoms with E-state index in [1.54, 1.807) is 31.4 Å². The minimum atomic E-state index is -0.450. The van der Waals surface area contributed by atoms with Crippen molar-refractivity contribution in [1.29, 1.82) is 0 Å². The lowest BCUT2D eigenvalue weighted by Gasteiger charge is -2.02. The van der Waals surface area contributed by atoms with Crippen LogP contribution in [-0.2, 0) is 4.74 Å². The van der Waals surface area contributed by atoms with Gasteiger partial charge in [0.15, 0.2) is 5.69 Å². The number of ether oxygens (including phenoxy) is 1. The number of rotatable bonds is 3. The molecule has 0 aliphatic rings. The third kappa shape index (κ3) is 2.41. The molecule has 0 bridgehead atoms. The monoisotopic (exact) mass is 265 g/mol. The molecule has 0 fully saturated rings. The van der Waals surface area contributed by atoms with Crippen molar-refractivity contribution in [3.63, 3.8) is 0 Å². The van der Waals surface area contributed by atoms with Crippen LogP contribution >= 0.6 is 11.3 Å². The van der Waals surface area contributed by atoms with Crippen LogP contribution in [0.2, 0.25) is 0 Å². The van der Waals surface area contributed by atoms with Crippen LogP contribution in [0.1, 0.15) is 23.0 Å². The Morgan fingerprint density at radius 2 is 2.28 bits per heavy atom. The SMILES string of the molecule is CCOC(=O)c1csc(-c2cccc(F)c2C)n1. The van der Waals surface area contributed by atoms with Crippen molar-refractivity contribution >= 4 is 17.3 Å². The molecule has 0 aliphatic heterocycles. The third-order valence-corrected chi connectivity index (χ3v) is 3.36. The van der Waals surface area contributed by atoms with Gasteiger partial charge in [-0.1, -0.05) is 12.1 Å². The van der Waals surface area contributed by atoms with Gasteiger partial charge >= 0.3 is 5.97 Å². The highest BCUT2D eigenvalue weighted by atomic mass is 32.1. The van der Waals surface area contributed by atoms with E-state index in [4.69, 9.17) is 4.74 Å². The predicted molar refractivity (Wildman–Crippen MR) is 68.2 cm³/mol. The van der Waals surface area contributed by atoms with Crippen LogP contribution in [0.3, 0.4) is 0 Å².